The Morgan fingerprint density at radius 3 is 2.76 bits per heavy atom. The number of aliphatic hydroxyl groups excluding tert-OH is 1. The summed E-state index contributed by atoms with van der Waals surface area (Å²) in [4.78, 5) is 30.7. The minimum atomic E-state index is -0.814. The maximum absolute atomic E-state index is 13.6. The van der Waals surface area contributed by atoms with Gasteiger partial charge in [0.25, 0.3) is 0 Å². The third-order valence-electron chi connectivity index (χ3n) is 8.08. The summed E-state index contributed by atoms with van der Waals surface area (Å²) in [6.07, 6.45) is 3.13. The van der Waals surface area contributed by atoms with Gasteiger partial charge in [0, 0.05) is 54.9 Å². The van der Waals surface area contributed by atoms with Crippen molar-refractivity contribution in [3.05, 3.63) is 57.2 Å². The van der Waals surface area contributed by atoms with Crippen LogP contribution in [0.1, 0.15) is 50.5 Å². The number of β-amino-alcohol motifs (C(OH)–C–C–N with tert-alkyl or cyclic N) is 1. The highest BCUT2D eigenvalue weighted by Gasteiger charge is 2.35. The third-order valence-corrected chi connectivity index (χ3v) is 8.41. The van der Waals surface area contributed by atoms with Crippen molar-refractivity contribution in [1.29, 1.82) is 0 Å². The number of fused-ring (bicyclic) bond motifs is 1. The van der Waals surface area contributed by atoms with Gasteiger partial charge in [-0.2, -0.15) is 0 Å². The quantitative estimate of drug-likeness (QED) is 0.358. The summed E-state index contributed by atoms with van der Waals surface area (Å²) in [5.41, 5.74) is 0.528. The van der Waals surface area contributed by atoms with Crippen molar-refractivity contribution in [3.63, 3.8) is 0 Å². The van der Waals surface area contributed by atoms with Gasteiger partial charge in [0.15, 0.2) is 5.43 Å². The maximum atomic E-state index is 13.6. The molecule has 5 rings (SSSR count). The van der Waals surface area contributed by atoms with E-state index in [0.717, 1.165) is 32.2 Å². The van der Waals surface area contributed by atoms with Gasteiger partial charge in [-0.3, -0.25) is 4.79 Å². The highest BCUT2D eigenvalue weighted by Crippen LogP contribution is 2.43. The van der Waals surface area contributed by atoms with Gasteiger partial charge in [0.1, 0.15) is 28.2 Å². The van der Waals surface area contributed by atoms with Crippen LogP contribution in [0, 0.1) is 0 Å². The second-order valence-corrected chi connectivity index (χ2v) is 11.6. The molecule has 0 spiro atoms. The van der Waals surface area contributed by atoms with Crippen LogP contribution in [-0.2, 0) is 0 Å². The second kappa shape index (κ2) is 12.8. The molecule has 41 heavy (non-hydrogen) atoms. The molecule has 2 aliphatic heterocycles. The minimum absolute atomic E-state index is 0.0291. The molecule has 220 valence electrons. The van der Waals surface area contributed by atoms with Gasteiger partial charge in [-0.05, 0) is 58.0 Å². The number of aliphatic hydroxyl groups is 1. The van der Waals surface area contributed by atoms with Gasteiger partial charge < -0.3 is 34.5 Å². The zero-order chi connectivity index (χ0) is 29.1. The molecule has 1 amide bonds. The molecule has 2 fully saturated rings. The molecule has 2 saturated heterocycles. The van der Waals surface area contributed by atoms with E-state index in [0.29, 0.717) is 48.7 Å². The van der Waals surface area contributed by atoms with Crippen LogP contribution in [0.2, 0.25) is 5.02 Å². The van der Waals surface area contributed by atoms with E-state index in [-0.39, 0.29) is 34.3 Å². The molecule has 0 aliphatic carbocycles. The van der Waals surface area contributed by atoms with Crippen LogP contribution >= 0.6 is 11.6 Å². The SMILES string of the molecule is CCCN(C[C@H]1CCCCN1)C(=O)Oc1cc(O)c2c(=O)cc(-c3ccccc3Cl)oc2c1[C@H]1CCN(C)C[C@H]1O. The zero-order valence-corrected chi connectivity index (χ0v) is 24.3. The van der Waals surface area contributed by atoms with Crippen molar-refractivity contribution >= 4 is 28.7 Å². The molecule has 3 heterocycles. The number of phenols is 1. The van der Waals surface area contributed by atoms with E-state index in [1.807, 2.05) is 18.9 Å². The lowest BCUT2D eigenvalue weighted by Crippen LogP contribution is -2.47. The number of carbonyl (C=O) groups is 1. The summed E-state index contributed by atoms with van der Waals surface area (Å²) < 4.78 is 12.3. The molecule has 3 N–H and O–H groups in total. The molecule has 0 bridgehead atoms. The number of hydrogen-bond acceptors (Lipinski definition) is 8. The number of nitrogens with zero attached hydrogens (tertiary/aromatic N) is 2. The lowest BCUT2D eigenvalue weighted by Gasteiger charge is -2.35. The van der Waals surface area contributed by atoms with Crippen molar-refractivity contribution in [2.45, 2.75) is 57.1 Å². The Balaban J connectivity index is 1.62. The first-order chi connectivity index (χ1) is 19.8. The lowest BCUT2D eigenvalue weighted by molar-refractivity contribution is 0.0627. The number of ether oxygens (including phenoxy) is 1. The van der Waals surface area contributed by atoms with Crippen molar-refractivity contribution in [1.82, 2.24) is 15.1 Å². The first-order valence-corrected chi connectivity index (χ1v) is 14.8. The van der Waals surface area contributed by atoms with Gasteiger partial charge in [-0.15, -0.1) is 0 Å². The van der Waals surface area contributed by atoms with Crippen molar-refractivity contribution in [2.75, 3.05) is 39.8 Å². The van der Waals surface area contributed by atoms with Gasteiger partial charge in [0.2, 0.25) is 0 Å². The molecule has 0 radical (unpaired) electrons. The van der Waals surface area contributed by atoms with E-state index in [2.05, 4.69) is 5.32 Å². The molecule has 9 nitrogen and oxygen atoms in total. The van der Waals surface area contributed by atoms with Crippen LogP contribution in [0.4, 0.5) is 4.79 Å². The minimum Gasteiger partial charge on any atom is -0.507 e. The van der Waals surface area contributed by atoms with Crippen molar-refractivity contribution in [2.24, 2.45) is 0 Å². The van der Waals surface area contributed by atoms with E-state index < -0.39 is 23.5 Å². The zero-order valence-electron chi connectivity index (χ0n) is 23.6. The van der Waals surface area contributed by atoms with Crippen LogP contribution < -0.4 is 15.5 Å². The highest BCUT2D eigenvalue weighted by molar-refractivity contribution is 6.33. The molecule has 1 aromatic heterocycles. The first-order valence-electron chi connectivity index (χ1n) is 14.4. The van der Waals surface area contributed by atoms with Crippen LogP contribution in [0.15, 0.2) is 45.6 Å². The van der Waals surface area contributed by atoms with Gasteiger partial charge >= 0.3 is 6.09 Å². The number of aromatic hydroxyl groups is 1. The number of benzene rings is 2. The molecule has 2 aliphatic rings. The summed E-state index contributed by atoms with van der Waals surface area (Å²) in [6.45, 7) is 5.01. The average molecular weight is 584 g/mol. The number of nitrogens with one attached hydrogen (secondary N) is 1. The standard InChI is InChI=1S/C31H38ClN3O6/c1-3-13-35(17-19-8-6-7-12-33-19)31(39)41-27-16-24(37)29-23(36)15-26(20-9-4-5-10-22(20)32)40-30(29)28(27)21-11-14-34(2)18-25(21)38/h4-5,9-10,15-16,19,21,25,33,37-38H,3,6-8,11-14,17-18H2,1-2H3/t19-,21+,25-/m1/s1. The van der Waals surface area contributed by atoms with E-state index in [4.69, 9.17) is 20.8 Å². The molecule has 3 aromatic rings. The summed E-state index contributed by atoms with van der Waals surface area (Å²) >= 11 is 6.43. The number of rotatable bonds is 7. The van der Waals surface area contributed by atoms with Crippen molar-refractivity contribution in [3.8, 4) is 22.8 Å². The molecular formula is C31H38ClN3O6. The van der Waals surface area contributed by atoms with Gasteiger partial charge in [-0.25, -0.2) is 4.79 Å². The predicted molar refractivity (Wildman–Crippen MR) is 159 cm³/mol. The normalized spacial score (nSPS) is 21.6. The number of likely N-dealkylation sites (tertiary alicyclic amines) is 1. The van der Waals surface area contributed by atoms with Crippen molar-refractivity contribution < 1.29 is 24.2 Å². The first kappa shape index (κ1) is 29.4. The number of amides is 1. The Morgan fingerprint density at radius 2 is 2.05 bits per heavy atom. The van der Waals surface area contributed by atoms with E-state index in [1.165, 1.54) is 12.1 Å². The molecule has 2 aromatic carbocycles. The highest BCUT2D eigenvalue weighted by atomic mass is 35.5. The van der Waals surface area contributed by atoms with Crippen LogP contribution in [-0.4, -0.2) is 78.0 Å². The number of likely N-dealkylation sites (N-methyl/N-ethyl adjacent to an activating group) is 1. The summed E-state index contributed by atoms with van der Waals surface area (Å²) in [5, 5.41) is 26.1. The smallest absolute Gasteiger partial charge is 0.415 e. The van der Waals surface area contributed by atoms with Gasteiger partial charge in [-0.1, -0.05) is 37.1 Å². The summed E-state index contributed by atoms with van der Waals surface area (Å²) in [7, 11) is 1.92. The Hall–Kier alpha value is -3.11. The van der Waals surface area contributed by atoms with E-state index >= 15 is 0 Å². The Morgan fingerprint density at radius 1 is 1.24 bits per heavy atom. The summed E-state index contributed by atoms with van der Waals surface area (Å²) in [6, 6.07) is 9.77. The topological polar surface area (TPSA) is 115 Å². The number of halogens is 1. The predicted octanol–water partition coefficient (Wildman–Crippen LogP) is 4.95. The second-order valence-electron chi connectivity index (χ2n) is 11.2. The number of piperidine rings is 2. The fourth-order valence-electron chi connectivity index (χ4n) is 6.00. The molecule has 0 unspecified atom stereocenters. The largest absolute Gasteiger partial charge is 0.507 e. The molecular weight excluding hydrogens is 546 g/mol. The number of carbonyl (C=O) groups excluding carboxylic acids is 1. The van der Waals surface area contributed by atoms with Crippen LogP contribution in [0.5, 0.6) is 11.5 Å². The monoisotopic (exact) mass is 583 g/mol. The average Bonchev–Trinajstić information content (AvgIpc) is 2.94. The maximum Gasteiger partial charge on any atom is 0.415 e. The lowest BCUT2D eigenvalue weighted by atomic mass is 9.85. The Kier molecular flexibility index (Phi) is 9.19. The molecule has 3 atom stereocenters. The number of hydrogen-bond donors (Lipinski definition) is 3. The molecule has 10 heteroatoms. The molecule has 0 saturated carbocycles. The van der Waals surface area contributed by atoms with Crippen LogP contribution in [0.25, 0.3) is 22.3 Å². The Bertz CT molecular complexity index is 1450. The Labute approximate surface area is 244 Å². The fraction of sp³-hybridized carbons (Fsp3) is 0.484. The third kappa shape index (κ3) is 6.38. The number of phenolic OH excluding ortho intramolecular Hbond substituents is 1. The van der Waals surface area contributed by atoms with Gasteiger partial charge in [0.05, 0.1) is 11.1 Å². The summed E-state index contributed by atoms with van der Waals surface area (Å²) in [5.74, 6) is -0.563. The van der Waals surface area contributed by atoms with Crippen LogP contribution in [0.3, 0.4) is 0 Å². The van der Waals surface area contributed by atoms with E-state index in [9.17, 15) is 19.8 Å². The van der Waals surface area contributed by atoms with E-state index in [1.54, 1.807) is 29.2 Å². The fourth-order valence-corrected chi connectivity index (χ4v) is 6.23.